The van der Waals surface area contributed by atoms with Gasteiger partial charge in [-0.05, 0) is 30.6 Å². The van der Waals surface area contributed by atoms with E-state index in [4.69, 9.17) is 0 Å². The Balaban J connectivity index is 1.47. The number of amides is 2. The van der Waals surface area contributed by atoms with Crippen LogP contribution in [-0.4, -0.2) is 23.9 Å². The van der Waals surface area contributed by atoms with Crippen molar-refractivity contribution in [3.05, 3.63) is 0 Å². The van der Waals surface area contributed by atoms with Crippen molar-refractivity contribution >= 4 is 11.8 Å². The standard InChI is InChI=1S/C18H30N2O2/c1-12(21)19-17(10-13-6-5-7-13)18(22)20-16-11-15(16)14-8-3-2-4-9-14/h13-17H,2-11H2,1H3,(H,19,21)(H,20,22)/t15-,16+,17+/m0/s1. The molecule has 0 aromatic rings. The van der Waals surface area contributed by atoms with Crippen LogP contribution in [0.15, 0.2) is 0 Å². The van der Waals surface area contributed by atoms with Crippen molar-refractivity contribution < 1.29 is 9.59 Å². The molecule has 0 aromatic carbocycles. The van der Waals surface area contributed by atoms with E-state index in [0.29, 0.717) is 17.9 Å². The summed E-state index contributed by atoms with van der Waals surface area (Å²) in [5.74, 6) is 2.09. The fourth-order valence-electron chi connectivity index (χ4n) is 4.29. The maximum atomic E-state index is 12.5. The van der Waals surface area contributed by atoms with Crippen LogP contribution < -0.4 is 10.6 Å². The van der Waals surface area contributed by atoms with Crippen molar-refractivity contribution in [2.24, 2.45) is 17.8 Å². The second-order valence-corrected chi connectivity index (χ2v) is 7.70. The van der Waals surface area contributed by atoms with Gasteiger partial charge in [0.2, 0.25) is 11.8 Å². The summed E-state index contributed by atoms with van der Waals surface area (Å²) < 4.78 is 0. The van der Waals surface area contributed by atoms with Crippen molar-refractivity contribution in [1.29, 1.82) is 0 Å². The minimum absolute atomic E-state index is 0.0467. The summed E-state index contributed by atoms with van der Waals surface area (Å²) in [6, 6.07) is 0.0451. The van der Waals surface area contributed by atoms with E-state index in [0.717, 1.165) is 18.8 Å². The summed E-state index contributed by atoms with van der Waals surface area (Å²) in [5.41, 5.74) is 0. The summed E-state index contributed by atoms with van der Waals surface area (Å²) in [7, 11) is 0. The van der Waals surface area contributed by atoms with Gasteiger partial charge in [-0.2, -0.15) is 0 Å². The molecular formula is C18H30N2O2. The zero-order valence-corrected chi connectivity index (χ0v) is 13.8. The maximum absolute atomic E-state index is 12.5. The number of nitrogens with one attached hydrogen (secondary N) is 2. The van der Waals surface area contributed by atoms with E-state index < -0.39 is 0 Å². The lowest BCUT2D eigenvalue weighted by Crippen LogP contribution is -2.48. The lowest BCUT2D eigenvalue weighted by molar-refractivity contribution is -0.128. The summed E-state index contributed by atoms with van der Waals surface area (Å²) >= 11 is 0. The first-order valence-corrected chi connectivity index (χ1v) is 9.21. The number of hydrogen-bond acceptors (Lipinski definition) is 2. The van der Waals surface area contributed by atoms with E-state index in [1.165, 1.54) is 58.3 Å². The smallest absolute Gasteiger partial charge is 0.242 e. The molecule has 0 bridgehead atoms. The highest BCUT2D eigenvalue weighted by atomic mass is 16.2. The Labute approximate surface area is 133 Å². The van der Waals surface area contributed by atoms with Gasteiger partial charge in [-0.25, -0.2) is 0 Å². The van der Waals surface area contributed by atoms with Gasteiger partial charge in [0.15, 0.2) is 0 Å². The van der Waals surface area contributed by atoms with Crippen LogP contribution in [0.2, 0.25) is 0 Å². The normalized spacial score (nSPS) is 30.2. The monoisotopic (exact) mass is 306 g/mol. The third-order valence-corrected chi connectivity index (χ3v) is 5.91. The van der Waals surface area contributed by atoms with Crippen LogP contribution >= 0.6 is 0 Å². The molecule has 3 rings (SSSR count). The van der Waals surface area contributed by atoms with Crippen molar-refractivity contribution in [1.82, 2.24) is 10.6 Å². The fraction of sp³-hybridized carbons (Fsp3) is 0.889. The average Bonchev–Trinajstić information content (AvgIpc) is 3.21. The lowest BCUT2D eigenvalue weighted by atomic mass is 9.80. The van der Waals surface area contributed by atoms with Gasteiger partial charge in [0.1, 0.15) is 6.04 Å². The predicted octanol–water partition coefficient (Wildman–Crippen LogP) is 2.77. The molecule has 4 heteroatoms. The lowest BCUT2D eigenvalue weighted by Gasteiger charge is -2.29. The Morgan fingerprint density at radius 1 is 1.05 bits per heavy atom. The van der Waals surface area contributed by atoms with Crippen LogP contribution in [-0.2, 0) is 9.59 Å². The van der Waals surface area contributed by atoms with Crippen LogP contribution in [0.5, 0.6) is 0 Å². The topological polar surface area (TPSA) is 58.2 Å². The summed E-state index contributed by atoms with van der Waals surface area (Å²) in [4.78, 5) is 23.9. The highest BCUT2D eigenvalue weighted by molar-refractivity contribution is 5.87. The fourth-order valence-corrected chi connectivity index (χ4v) is 4.29. The van der Waals surface area contributed by atoms with Crippen LogP contribution in [0.1, 0.15) is 71.1 Å². The minimum Gasteiger partial charge on any atom is -0.351 e. The van der Waals surface area contributed by atoms with Gasteiger partial charge < -0.3 is 10.6 Å². The second-order valence-electron chi connectivity index (χ2n) is 7.70. The van der Waals surface area contributed by atoms with E-state index in [1.54, 1.807) is 0 Å². The summed E-state index contributed by atoms with van der Waals surface area (Å²) in [5, 5.41) is 6.06. The van der Waals surface area contributed by atoms with Gasteiger partial charge in [-0.1, -0.05) is 51.4 Å². The molecule has 3 fully saturated rings. The second kappa shape index (κ2) is 7.01. The molecule has 124 valence electrons. The Morgan fingerprint density at radius 3 is 2.36 bits per heavy atom. The van der Waals surface area contributed by atoms with Gasteiger partial charge in [-0.15, -0.1) is 0 Å². The van der Waals surface area contributed by atoms with Gasteiger partial charge in [0.05, 0.1) is 0 Å². The third-order valence-electron chi connectivity index (χ3n) is 5.91. The molecule has 3 atom stereocenters. The minimum atomic E-state index is -0.324. The molecular weight excluding hydrogens is 276 g/mol. The molecule has 2 N–H and O–H groups in total. The number of carbonyl (C=O) groups excluding carboxylic acids is 2. The average molecular weight is 306 g/mol. The van der Waals surface area contributed by atoms with E-state index in [2.05, 4.69) is 10.6 Å². The first-order chi connectivity index (χ1) is 10.6. The quantitative estimate of drug-likeness (QED) is 0.793. The highest BCUT2D eigenvalue weighted by Gasteiger charge is 2.44. The molecule has 0 heterocycles. The van der Waals surface area contributed by atoms with Crippen LogP contribution in [0, 0.1) is 17.8 Å². The van der Waals surface area contributed by atoms with Crippen LogP contribution in [0.4, 0.5) is 0 Å². The van der Waals surface area contributed by atoms with Crippen LogP contribution in [0.3, 0.4) is 0 Å². The van der Waals surface area contributed by atoms with Gasteiger partial charge in [-0.3, -0.25) is 9.59 Å². The van der Waals surface area contributed by atoms with Gasteiger partial charge in [0, 0.05) is 13.0 Å². The van der Waals surface area contributed by atoms with E-state index in [1.807, 2.05) is 0 Å². The predicted molar refractivity (Wildman–Crippen MR) is 86.2 cm³/mol. The zero-order chi connectivity index (χ0) is 15.5. The Bertz CT molecular complexity index is 413. The van der Waals surface area contributed by atoms with Crippen molar-refractivity contribution in [2.45, 2.75) is 83.2 Å². The molecule has 0 radical (unpaired) electrons. The van der Waals surface area contributed by atoms with Gasteiger partial charge in [0.25, 0.3) is 0 Å². The molecule has 2 amide bonds. The Hall–Kier alpha value is -1.06. The summed E-state index contributed by atoms with van der Waals surface area (Å²) in [6.45, 7) is 1.50. The zero-order valence-electron chi connectivity index (χ0n) is 13.8. The molecule has 3 aliphatic rings. The molecule has 0 saturated heterocycles. The Kier molecular flexibility index (Phi) is 5.04. The maximum Gasteiger partial charge on any atom is 0.242 e. The SMILES string of the molecule is CC(=O)N[C@H](CC1CCC1)C(=O)N[C@@H]1C[C@H]1C1CCCCC1. The molecule has 22 heavy (non-hydrogen) atoms. The third kappa shape index (κ3) is 4.02. The van der Waals surface area contributed by atoms with Crippen LogP contribution in [0.25, 0.3) is 0 Å². The largest absolute Gasteiger partial charge is 0.351 e. The first-order valence-electron chi connectivity index (χ1n) is 9.21. The van der Waals surface area contributed by atoms with Crippen molar-refractivity contribution in [3.8, 4) is 0 Å². The number of rotatable bonds is 6. The van der Waals surface area contributed by atoms with E-state index >= 15 is 0 Å². The molecule has 3 aliphatic carbocycles. The summed E-state index contributed by atoms with van der Waals surface area (Å²) in [6.07, 6.45) is 12.4. The first kappa shape index (κ1) is 15.8. The van der Waals surface area contributed by atoms with Gasteiger partial charge >= 0.3 is 0 Å². The van der Waals surface area contributed by atoms with Crippen molar-refractivity contribution in [2.75, 3.05) is 0 Å². The van der Waals surface area contributed by atoms with Crippen molar-refractivity contribution in [3.63, 3.8) is 0 Å². The molecule has 0 aliphatic heterocycles. The molecule has 3 saturated carbocycles. The van der Waals surface area contributed by atoms with E-state index in [9.17, 15) is 9.59 Å². The highest BCUT2D eigenvalue weighted by Crippen LogP contribution is 2.44. The molecule has 0 unspecified atom stereocenters. The molecule has 0 aromatic heterocycles. The Morgan fingerprint density at radius 2 is 1.77 bits per heavy atom. The molecule has 0 spiro atoms. The number of carbonyl (C=O) groups is 2. The molecule has 4 nitrogen and oxygen atoms in total. The number of hydrogen-bond donors (Lipinski definition) is 2. The van der Waals surface area contributed by atoms with E-state index in [-0.39, 0.29) is 17.9 Å².